The second-order valence-electron chi connectivity index (χ2n) is 4.83. The van der Waals surface area contributed by atoms with Gasteiger partial charge in [-0.25, -0.2) is 0 Å². The van der Waals surface area contributed by atoms with Crippen molar-refractivity contribution in [2.45, 2.75) is 18.9 Å². The molecule has 1 rings (SSSR count). The van der Waals surface area contributed by atoms with Gasteiger partial charge < -0.3 is 15.3 Å². The summed E-state index contributed by atoms with van der Waals surface area (Å²) < 4.78 is 1.06. The highest BCUT2D eigenvalue weighted by molar-refractivity contribution is 9.10. The summed E-state index contributed by atoms with van der Waals surface area (Å²) >= 11 is 3.44. The number of likely N-dealkylation sites (N-methyl/N-ethyl adjacent to an activating group) is 1. The Morgan fingerprint density at radius 3 is 2.33 bits per heavy atom. The van der Waals surface area contributed by atoms with E-state index in [0.717, 1.165) is 29.5 Å². The van der Waals surface area contributed by atoms with E-state index in [-0.39, 0.29) is 12.1 Å². The van der Waals surface area contributed by atoms with Crippen molar-refractivity contribution in [1.29, 1.82) is 0 Å². The van der Waals surface area contributed by atoms with E-state index in [1.54, 1.807) is 0 Å². The molecule has 0 radical (unpaired) electrons. The van der Waals surface area contributed by atoms with Crippen LogP contribution in [-0.2, 0) is 5.54 Å². The molecule has 18 heavy (non-hydrogen) atoms. The van der Waals surface area contributed by atoms with Crippen LogP contribution in [0.4, 0.5) is 0 Å². The third kappa shape index (κ3) is 4.05. The molecule has 1 atom stereocenters. The lowest BCUT2D eigenvalue weighted by molar-refractivity contribution is 0.152. The number of rotatable bonds is 7. The van der Waals surface area contributed by atoms with Gasteiger partial charge in [0.05, 0.1) is 12.1 Å². The Balaban J connectivity index is 2.81. The van der Waals surface area contributed by atoms with Crippen molar-refractivity contribution in [1.82, 2.24) is 10.2 Å². The molecule has 0 saturated heterocycles. The number of nitrogens with one attached hydrogen (secondary N) is 1. The van der Waals surface area contributed by atoms with Gasteiger partial charge in [0.2, 0.25) is 0 Å². The number of benzene rings is 1. The second-order valence-corrected chi connectivity index (χ2v) is 5.75. The number of aliphatic hydroxyl groups is 1. The zero-order valence-corrected chi connectivity index (χ0v) is 13.0. The molecule has 0 aliphatic rings. The van der Waals surface area contributed by atoms with Crippen LogP contribution in [0.25, 0.3) is 0 Å². The molecule has 1 aromatic carbocycles. The average molecular weight is 315 g/mol. The van der Waals surface area contributed by atoms with Crippen LogP contribution in [0, 0.1) is 0 Å². The third-order valence-electron chi connectivity index (χ3n) is 3.29. The van der Waals surface area contributed by atoms with E-state index in [4.69, 9.17) is 0 Å². The van der Waals surface area contributed by atoms with Gasteiger partial charge in [0, 0.05) is 17.6 Å². The fraction of sp³-hybridized carbons (Fsp3) is 0.571. The molecule has 2 N–H and O–H groups in total. The average Bonchev–Trinajstić information content (AvgIpc) is 2.36. The zero-order chi connectivity index (χ0) is 13.6. The maximum absolute atomic E-state index is 9.78. The summed E-state index contributed by atoms with van der Waals surface area (Å²) in [5, 5.41) is 13.3. The fourth-order valence-corrected chi connectivity index (χ4v) is 2.24. The number of hydrogen-bond acceptors (Lipinski definition) is 3. The van der Waals surface area contributed by atoms with E-state index in [9.17, 15) is 5.11 Å². The predicted molar refractivity (Wildman–Crippen MR) is 79.8 cm³/mol. The predicted octanol–water partition coefficient (Wildman–Crippen LogP) is 2.20. The van der Waals surface area contributed by atoms with E-state index in [1.807, 2.05) is 26.2 Å². The molecule has 0 aliphatic heterocycles. The first-order valence-electron chi connectivity index (χ1n) is 6.30. The minimum atomic E-state index is -0.337. The molecule has 0 fully saturated rings. The highest BCUT2D eigenvalue weighted by atomic mass is 79.9. The Hall–Kier alpha value is -0.420. The Bertz CT molecular complexity index is 347. The van der Waals surface area contributed by atoms with E-state index in [0.29, 0.717) is 0 Å². The van der Waals surface area contributed by atoms with E-state index < -0.39 is 0 Å². The quantitative estimate of drug-likeness (QED) is 0.810. The highest BCUT2D eigenvalue weighted by Gasteiger charge is 2.28. The van der Waals surface area contributed by atoms with Crippen molar-refractivity contribution in [3.63, 3.8) is 0 Å². The monoisotopic (exact) mass is 314 g/mol. The molecule has 0 bridgehead atoms. The van der Waals surface area contributed by atoms with Crippen LogP contribution in [0.3, 0.4) is 0 Å². The van der Waals surface area contributed by atoms with Crippen LogP contribution in [0.1, 0.15) is 18.9 Å². The van der Waals surface area contributed by atoms with Crippen LogP contribution in [0.15, 0.2) is 28.7 Å². The van der Waals surface area contributed by atoms with Crippen LogP contribution < -0.4 is 5.32 Å². The minimum Gasteiger partial charge on any atom is -0.394 e. The molecule has 0 heterocycles. The first-order valence-corrected chi connectivity index (χ1v) is 7.10. The van der Waals surface area contributed by atoms with Gasteiger partial charge in [0.15, 0.2) is 0 Å². The lowest BCUT2D eigenvalue weighted by Gasteiger charge is -2.33. The molecule has 1 aromatic rings. The van der Waals surface area contributed by atoms with Crippen LogP contribution in [0.2, 0.25) is 0 Å². The molecule has 0 amide bonds. The molecule has 0 aliphatic carbocycles. The van der Waals surface area contributed by atoms with Crippen molar-refractivity contribution in [2.75, 3.05) is 33.8 Å². The first kappa shape index (κ1) is 15.6. The van der Waals surface area contributed by atoms with Crippen molar-refractivity contribution in [3.05, 3.63) is 34.3 Å². The van der Waals surface area contributed by atoms with Gasteiger partial charge in [-0.1, -0.05) is 35.0 Å². The maximum atomic E-state index is 9.78. The Morgan fingerprint density at radius 2 is 1.89 bits per heavy atom. The Kier molecular flexibility index (Phi) is 6.29. The maximum Gasteiger partial charge on any atom is 0.0666 e. The first-order chi connectivity index (χ1) is 8.54. The summed E-state index contributed by atoms with van der Waals surface area (Å²) in [5.41, 5.74) is 0.797. The molecule has 102 valence electrons. The standard InChI is InChI=1S/C14H23BrN2O/c1-4-14(11-18,16-9-10-17(2)3)12-5-7-13(15)8-6-12/h5-8,16,18H,4,9-11H2,1-3H3. The number of halogens is 1. The van der Waals surface area contributed by atoms with Gasteiger partial charge in [-0.2, -0.15) is 0 Å². The molecule has 0 aromatic heterocycles. The number of aliphatic hydroxyl groups excluding tert-OH is 1. The van der Waals surface area contributed by atoms with E-state index in [2.05, 4.69) is 45.2 Å². The van der Waals surface area contributed by atoms with Crippen LogP contribution >= 0.6 is 15.9 Å². The molecular formula is C14H23BrN2O. The van der Waals surface area contributed by atoms with E-state index >= 15 is 0 Å². The lowest BCUT2D eigenvalue weighted by atomic mass is 9.88. The summed E-state index contributed by atoms with van der Waals surface area (Å²) in [5.74, 6) is 0. The topological polar surface area (TPSA) is 35.5 Å². The van der Waals surface area contributed by atoms with Crippen molar-refractivity contribution in [3.8, 4) is 0 Å². The van der Waals surface area contributed by atoms with Crippen LogP contribution in [0.5, 0.6) is 0 Å². The summed E-state index contributed by atoms with van der Waals surface area (Å²) in [4.78, 5) is 2.13. The normalized spacial score (nSPS) is 14.8. The lowest BCUT2D eigenvalue weighted by Crippen LogP contribution is -2.47. The molecular weight excluding hydrogens is 292 g/mol. The van der Waals surface area contributed by atoms with Crippen molar-refractivity contribution < 1.29 is 5.11 Å². The van der Waals surface area contributed by atoms with Crippen molar-refractivity contribution >= 4 is 15.9 Å². The largest absolute Gasteiger partial charge is 0.394 e. The smallest absolute Gasteiger partial charge is 0.0666 e. The van der Waals surface area contributed by atoms with Gasteiger partial charge in [-0.3, -0.25) is 0 Å². The summed E-state index contributed by atoms with van der Waals surface area (Å²) in [6.45, 7) is 4.02. The molecule has 3 nitrogen and oxygen atoms in total. The zero-order valence-electron chi connectivity index (χ0n) is 11.4. The third-order valence-corrected chi connectivity index (χ3v) is 3.82. The van der Waals surface area contributed by atoms with Gasteiger partial charge in [-0.15, -0.1) is 0 Å². The van der Waals surface area contributed by atoms with E-state index in [1.165, 1.54) is 0 Å². The molecule has 0 spiro atoms. The highest BCUT2D eigenvalue weighted by Crippen LogP contribution is 2.25. The van der Waals surface area contributed by atoms with Crippen LogP contribution in [-0.4, -0.2) is 43.8 Å². The Morgan fingerprint density at radius 1 is 1.28 bits per heavy atom. The van der Waals surface area contributed by atoms with Gasteiger partial charge in [0.25, 0.3) is 0 Å². The van der Waals surface area contributed by atoms with Gasteiger partial charge in [0.1, 0.15) is 0 Å². The summed E-state index contributed by atoms with van der Waals surface area (Å²) in [7, 11) is 4.10. The summed E-state index contributed by atoms with van der Waals surface area (Å²) in [6.07, 6.45) is 0.860. The van der Waals surface area contributed by atoms with Crippen molar-refractivity contribution in [2.24, 2.45) is 0 Å². The number of nitrogens with zero attached hydrogens (tertiary/aromatic N) is 1. The fourth-order valence-electron chi connectivity index (χ4n) is 1.98. The minimum absolute atomic E-state index is 0.110. The number of hydrogen-bond donors (Lipinski definition) is 2. The molecule has 4 heteroatoms. The van der Waals surface area contributed by atoms with Gasteiger partial charge >= 0.3 is 0 Å². The Labute approximate surface area is 118 Å². The molecule has 0 saturated carbocycles. The van der Waals surface area contributed by atoms with Gasteiger partial charge in [-0.05, 0) is 38.2 Å². The SMILES string of the molecule is CCC(CO)(NCCN(C)C)c1ccc(Br)cc1. The second kappa shape index (κ2) is 7.24. The summed E-state index contributed by atoms with van der Waals surface area (Å²) in [6, 6.07) is 8.16. The molecule has 1 unspecified atom stereocenters.